The van der Waals surface area contributed by atoms with Crippen LogP contribution in [0.1, 0.15) is 20.8 Å². The van der Waals surface area contributed by atoms with Gasteiger partial charge in [0, 0.05) is 5.39 Å². The van der Waals surface area contributed by atoms with Crippen LogP contribution in [0.5, 0.6) is 0 Å². The lowest BCUT2D eigenvalue weighted by atomic mass is 9.90. The number of rotatable bonds is 5. The number of hydrogen-bond acceptors (Lipinski definition) is 4. The highest BCUT2D eigenvalue weighted by atomic mass is 32.2. The normalized spacial score (nSPS) is 13.6. The second-order valence-electron chi connectivity index (χ2n) is 5.65. The van der Waals surface area contributed by atoms with E-state index in [0.717, 1.165) is 15.9 Å². The van der Waals surface area contributed by atoms with Crippen LogP contribution in [0.3, 0.4) is 0 Å². The number of para-hydroxylation sites is 1. The molecule has 4 nitrogen and oxygen atoms in total. The minimum atomic E-state index is -0.839. The van der Waals surface area contributed by atoms with Gasteiger partial charge in [-0.1, -0.05) is 49.9 Å². The van der Waals surface area contributed by atoms with Gasteiger partial charge in [-0.15, -0.1) is 0 Å². The number of nitrogens with one attached hydrogen (secondary N) is 1. The van der Waals surface area contributed by atoms with Gasteiger partial charge in [0.2, 0.25) is 5.91 Å². The van der Waals surface area contributed by atoms with Gasteiger partial charge in [-0.05, 0) is 25.0 Å². The lowest BCUT2D eigenvalue weighted by Crippen LogP contribution is -2.49. The Hall–Kier alpha value is -2.06. The molecule has 0 fully saturated rings. The Labute approximate surface area is 134 Å². The first-order valence-corrected chi connectivity index (χ1v) is 8.14. The fourth-order valence-electron chi connectivity index (χ4n) is 1.89. The van der Waals surface area contributed by atoms with E-state index >= 15 is 0 Å². The number of nitriles is 1. The number of hydrogen-bond donors (Lipinski definition) is 1. The zero-order valence-electron chi connectivity index (χ0n) is 13.0. The highest BCUT2D eigenvalue weighted by Crippen LogP contribution is 2.20. The molecular formula is C17H19N3OS. The van der Waals surface area contributed by atoms with Crippen molar-refractivity contribution >= 4 is 28.6 Å². The molecular weight excluding hydrogens is 294 g/mol. The summed E-state index contributed by atoms with van der Waals surface area (Å²) in [5, 5.41) is 13.9. The fourth-order valence-corrected chi connectivity index (χ4v) is 2.57. The maximum atomic E-state index is 12.0. The van der Waals surface area contributed by atoms with Gasteiger partial charge in [0.25, 0.3) is 0 Å². The van der Waals surface area contributed by atoms with E-state index in [0.29, 0.717) is 0 Å². The van der Waals surface area contributed by atoms with Crippen molar-refractivity contribution in [2.75, 3.05) is 5.75 Å². The third-order valence-corrected chi connectivity index (χ3v) is 4.64. The van der Waals surface area contributed by atoms with E-state index in [2.05, 4.69) is 16.4 Å². The molecule has 0 bridgehead atoms. The predicted octanol–water partition coefficient (Wildman–Crippen LogP) is 3.38. The van der Waals surface area contributed by atoms with Crippen LogP contribution in [0.4, 0.5) is 0 Å². The van der Waals surface area contributed by atoms with Crippen LogP contribution in [0, 0.1) is 17.2 Å². The number of fused-ring (bicyclic) bond motifs is 1. The minimum absolute atomic E-state index is 0.0465. The molecule has 0 saturated heterocycles. The van der Waals surface area contributed by atoms with E-state index in [1.165, 1.54) is 11.8 Å². The van der Waals surface area contributed by atoms with Gasteiger partial charge in [0.15, 0.2) is 0 Å². The van der Waals surface area contributed by atoms with Crippen LogP contribution in [0.2, 0.25) is 0 Å². The molecule has 22 heavy (non-hydrogen) atoms. The van der Waals surface area contributed by atoms with Gasteiger partial charge in [-0.25, -0.2) is 4.98 Å². The standard InChI is InChI=1S/C17H19N3OS/c1-12(2)17(3,11-18)20-15(21)10-22-16-9-8-13-6-4-5-7-14(13)19-16/h4-9,12H,10H2,1-3H3,(H,20,21). The number of aromatic nitrogens is 1. The third kappa shape index (κ3) is 3.77. The van der Waals surface area contributed by atoms with Crippen LogP contribution in [-0.4, -0.2) is 22.2 Å². The van der Waals surface area contributed by atoms with E-state index in [1.54, 1.807) is 6.92 Å². The smallest absolute Gasteiger partial charge is 0.231 e. The average molecular weight is 313 g/mol. The van der Waals surface area contributed by atoms with E-state index in [9.17, 15) is 10.1 Å². The molecule has 1 unspecified atom stereocenters. The van der Waals surface area contributed by atoms with Crippen LogP contribution >= 0.6 is 11.8 Å². The first-order valence-electron chi connectivity index (χ1n) is 7.15. The molecule has 0 radical (unpaired) electrons. The fraction of sp³-hybridized carbons (Fsp3) is 0.353. The van der Waals surface area contributed by atoms with E-state index in [4.69, 9.17) is 0 Å². The van der Waals surface area contributed by atoms with Crippen LogP contribution in [0.25, 0.3) is 10.9 Å². The summed E-state index contributed by atoms with van der Waals surface area (Å²) in [6.45, 7) is 5.58. The molecule has 114 valence electrons. The van der Waals surface area contributed by atoms with Gasteiger partial charge < -0.3 is 5.32 Å². The molecule has 1 atom stereocenters. The highest BCUT2D eigenvalue weighted by Gasteiger charge is 2.29. The largest absolute Gasteiger partial charge is 0.337 e. The Morgan fingerprint density at radius 3 is 2.77 bits per heavy atom. The highest BCUT2D eigenvalue weighted by molar-refractivity contribution is 7.99. The zero-order chi connectivity index (χ0) is 16.2. The molecule has 5 heteroatoms. The van der Waals surface area contributed by atoms with Gasteiger partial charge in [-0.3, -0.25) is 4.79 Å². The van der Waals surface area contributed by atoms with Crippen molar-refractivity contribution in [3.63, 3.8) is 0 Å². The second-order valence-corrected chi connectivity index (χ2v) is 6.64. The number of nitrogens with zero attached hydrogens (tertiary/aromatic N) is 2. The molecule has 0 saturated carbocycles. The van der Waals surface area contributed by atoms with Gasteiger partial charge >= 0.3 is 0 Å². The molecule has 2 rings (SSSR count). The number of benzene rings is 1. The van der Waals surface area contributed by atoms with Crippen molar-refractivity contribution in [2.45, 2.75) is 31.3 Å². The van der Waals surface area contributed by atoms with E-state index in [-0.39, 0.29) is 17.6 Å². The Morgan fingerprint density at radius 2 is 2.09 bits per heavy atom. The van der Waals surface area contributed by atoms with Crippen molar-refractivity contribution in [2.24, 2.45) is 5.92 Å². The van der Waals surface area contributed by atoms with E-state index in [1.807, 2.05) is 50.2 Å². The molecule has 2 aromatic rings. The SMILES string of the molecule is CC(C)C(C)(C#N)NC(=O)CSc1ccc2ccccc2n1. The summed E-state index contributed by atoms with van der Waals surface area (Å²) in [5.74, 6) is 0.137. The molecule has 0 aliphatic rings. The first-order chi connectivity index (χ1) is 10.4. The Kier molecular flexibility index (Phi) is 5.04. The summed E-state index contributed by atoms with van der Waals surface area (Å²) in [6.07, 6.45) is 0. The maximum Gasteiger partial charge on any atom is 0.231 e. The summed E-state index contributed by atoms with van der Waals surface area (Å²) in [7, 11) is 0. The van der Waals surface area contributed by atoms with Crippen LogP contribution < -0.4 is 5.32 Å². The predicted molar refractivity (Wildman–Crippen MR) is 89.5 cm³/mol. The second kappa shape index (κ2) is 6.80. The monoisotopic (exact) mass is 313 g/mol. The number of pyridine rings is 1. The molecule has 1 aromatic carbocycles. The summed E-state index contributed by atoms with van der Waals surface area (Å²) < 4.78 is 0. The van der Waals surface area contributed by atoms with Crippen molar-refractivity contribution in [3.05, 3.63) is 36.4 Å². The lowest BCUT2D eigenvalue weighted by molar-refractivity contribution is -0.120. The number of amides is 1. The Morgan fingerprint density at radius 1 is 1.36 bits per heavy atom. The van der Waals surface area contributed by atoms with Crippen LogP contribution in [0.15, 0.2) is 41.4 Å². The lowest BCUT2D eigenvalue weighted by Gasteiger charge is -2.27. The number of thioether (sulfide) groups is 1. The van der Waals surface area contributed by atoms with Crippen molar-refractivity contribution < 1.29 is 4.79 Å². The summed E-state index contributed by atoms with van der Waals surface area (Å²) >= 11 is 1.37. The topological polar surface area (TPSA) is 65.8 Å². The minimum Gasteiger partial charge on any atom is -0.337 e. The average Bonchev–Trinajstić information content (AvgIpc) is 2.52. The Balaban J connectivity index is 1.99. The number of carbonyl (C=O) groups is 1. The van der Waals surface area contributed by atoms with Crippen molar-refractivity contribution in [1.29, 1.82) is 5.26 Å². The third-order valence-electron chi connectivity index (χ3n) is 3.71. The molecule has 0 aliphatic carbocycles. The summed E-state index contributed by atoms with van der Waals surface area (Å²) in [5.41, 5.74) is 0.0750. The number of carbonyl (C=O) groups excluding carboxylic acids is 1. The molecule has 1 N–H and O–H groups in total. The zero-order valence-corrected chi connectivity index (χ0v) is 13.8. The molecule has 1 aromatic heterocycles. The van der Waals surface area contributed by atoms with Gasteiger partial charge in [-0.2, -0.15) is 5.26 Å². The summed E-state index contributed by atoms with van der Waals surface area (Å²) in [6, 6.07) is 13.9. The van der Waals surface area contributed by atoms with Crippen molar-refractivity contribution in [3.8, 4) is 6.07 Å². The quantitative estimate of drug-likeness (QED) is 0.859. The molecule has 0 spiro atoms. The first kappa shape index (κ1) is 16.3. The summed E-state index contributed by atoms with van der Waals surface area (Å²) in [4.78, 5) is 16.6. The van der Waals surface area contributed by atoms with Gasteiger partial charge in [0.1, 0.15) is 5.54 Å². The molecule has 1 heterocycles. The maximum absolute atomic E-state index is 12.0. The van der Waals surface area contributed by atoms with Crippen LogP contribution in [-0.2, 0) is 4.79 Å². The molecule has 0 aliphatic heterocycles. The molecule has 1 amide bonds. The Bertz CT molecular complexity index is 723. The van der Waals surface area contributed by atoms with E-state index < -0.39 is 5.54 Å². The van der Waals surface area contributed by atoms with Crippen molar-refractivity contribution in [1.82, 2.24) is 10.3 Å². The van der Waals surface area contributed by atoms with Gasteiger partial charge in [0.05, 0.1) is 22.4 Å².